The summed E-state index contributed by atoms with van der Waals surface area (Å²) in [6.45, 7) is 2.54. The number of aliphatic hydroxyl groups is 1. The van der Waals surface area contributed by atoms with E-state index < -0.39 is 10.0 Å². The third-order valence-electron chi connectivity index (χ3n) is 3.13. The zero-order chi connectivity index (χ0) is 15.9. The van der Waals surface area contributed by atoms with Crippen molar-refractivity contribution in [3.05, 3.63) is 29.8 Å². The van der Waals surface area contributed by atoms with Gasteiger partial charge in [0.2, 0.25) is 10.0 Å². The lowest BCUT2D eigenvalue weighted by Crippen LogP contribution is -2.42. The van der Waals surface area contributed by atoms with Crippen molar-refractivity contribution >= 4 is 10.0 Å². The van der Waals surface area contributed by atoms with Crippen molar-refractivity contribution in [1.29, 1.82) is 0 Å². The van der Waals surface area contributed by atoms with E-state index in [1.54, 1.807) is 19.1 Å². The topological polar surface area (TPSA) is 76.1 Å². The molecule has 1 unspecified atom stereocenters. The van der Waals surface area contributed by atoms with Crippen LogP contribution >= 0.6 is 0 Å². The van der Waals surface area contributed by atoms with Gasteiger partial charge in [0.1, 0.15) is 0 Å². The Morgan fingerprint density at radius 2 is 1.81 bits per heavy atom. The zero-order valence-corrected chi connectivity index (χ0v) is 13.5. The smallest absolute Gasteiger partial charge is 0.243 e. The van der Waals surface area contributed by atoms with Crippen LogP contribution in [0.3, 0.4) is 0 Å². The first-order valence-electron chi connectivity index (χ1n) is 6.67. The molecule has 0 aliphatic heterocycles. The summed E-state index contributed by atoms with van der Waals surface area (Å²) in [5.41, 5.74) is 0.669. The monoisotopic (exact) mass is 317 g/mol. The highest BCUT2D eigenvalue weighted by atomic mass is 32.2. The average molecular weight is 317 g/mol. The lowest BCUT2D eigenvalue weighted by atomic mass is 10.2. The molecule has 0 fully saturated rings. The summed E-state index contributed by atoms with van der Waals surface area (Å²) in [5, 5.41) is 9.02. The molecule has 21 heavy (non-hydrogen) atoms. The number of sulfonamides is 1. The number of ether oxygens (including phenoxy) is 2. The molecule has 1 N–H and O–H groups in total. The number of rotatable bonds is 9. The molecule has 0 aliphatic rings. The fourth-order valence-electron chi connectivity index (χ4n) is 1.99. The van der Waals surface area contributed by atoms with Crippen molar-refractivity contribution in [2.75, 3.05) is 34.0 Å². The number of nitrogens with zero attached hydrogens (tertiary/aromatic N) is 1. The highest BCUT2D eigenvalue weighted by Gasteiger charge is 2.28. The van der Waals surface area contributed by atoms with Crippen molar-refractivity contribution in [2.24, 2.45) is 0 Å². The molecule has 0 radical (unpaired) electrons. The third-order valence-corrected chi connectivity index (χ3v) is 5.16. The summed E-state index contributed by atoms with van der Waals surface area (Å²) < 4.78 is 36.8. The normalized spacial score (nSPS) is 13.6. The van der Waals surface area contributed by atoms with E-state index in [1.165, 1.54) is 30.7 Å². The summed E-state index contributed by atoms with van der Waals surface area (Å²) >= 11 is 0. The molecular formula is C14H23NO5S. The van der Waals surface area contributed by atoms with Crippen LogP contribution < -0.4 is 0 Å². The summed E-state index contributed by atoms with van der Waals surface area (Å²) in [5.74, 6) is 0. The Bertz CT molecular complexity index is 515. The Morgan fingerprint density at radius 3 is 2.29 bits per heavy atom. The minimum Gasteiger partial charge on any atom is -0.392 e. The highest BCUT2D eigenvalue weighted by molar-refractivity contribution is 7.89. The molecule has 1 atom stereocenters. The van der Waals surface area contributed by atoms with Gasteiger partial charge in [0, 0.05) is 26.8 Å². The molecule has 0 amide bonds. The maximum atomic E-state index is 12.7. The quantitative estimate of drug-likeness (QED) is 0.731. The van der Waals surface area contributed by atoms with E-state index in [9.17, 15) is 8.42 Å². The number of hydrogen-bond donors (Lipinski definition) is 1. The number of hydrogen-bond acceptors (Lipinski definition) is 5. The van der Waals surface area contributed by atoms with Crippen molar-refractivity contribution in [2.45, 2.75) is 24.5 Å². The molecular weight excluding hydrogens is 294 g/mol. The summed E-state index contributed by atoms with van der Waals surface area (Å²) in [6, 6.07) is 5.90. The molecule has 0 aliphatic carbocycles. The van der Waals surface area contributed by atoms with E-state index in [0.717, 1.165) is 0 Å². The Hall–Kier alpha value is -0.990. The van der Waals surface area contributed by atoms with Crippen LogP contribution in [0.5, 0.6) is 0 Å². The lowest BCUT2D eigenvalue weighted by Gasteiger charge is -2.27. The molecule has 0 heterocycles. The van der Waals surface area contributed by atoms with Gasteiger partial charge in [0.25, 0.3) is 0 Å². The number of benzene rings is 1. The van der Waals surface area contributed by atoms with Crippen LogP contribution in [0.1, 0.15) is 12.5 Å². The maximum Gasteiger partial charge on any atom is 0.243 e. The zero-order valence-electron chi connectivity index (χ0n) is 12.7. The lowest BCUT2D eigenvalue weighted by molar-refractivity contribution is 0.119. The molecule has 6 nitrogen and oxygen atoms in total. The Morgan fingerprint density at radius 1 is 1.19 bits per heavy atom. The number of methoxy groups -OCH3 is 2. The molecule has 1 rings (SSSR count). The molecule has 0 spiro atoms. The van der Waals surface area contributed by atoms with Crippen molar-refractivity contribution in [3.63, 3.8) is 0 Å². The largest absolute Gasteiger partial charge is 0.392 e. The predicted molar refractivity (Wildman–Crippen MR) is 79.5 cm³/mol. The second-order valence-electron chi connectivity index (χ2n) is 4.71. The predicted octanol–water partition coefficient (Wildman–Crippen LogP) is 0.851. The van der Waals surface area contributed by atoms with Crippen LogP contribution in [0.15, 0.2) is 29.2 Å². The van der Waals surface area contributed by atoms with Crippen LogP contribution in [0, 0.1) is 0 Å². The Labute approximate surface area is 126 Å². The summed E-state index contributed by atoms with van der Waals surface area (Å²) in [4.78, 5) is 0.193. The molecule has 1 aromatic rings. The van der Waals surface area contributed by atoms with Gasteiger partial charge in [0.05, 0.1) is 24.7 Å². The van der Waals surface area contributed by atoms with Gasteiger partial charge in [-0.05, 0) is 24.6 Å². The molecule has 0 saturated carbocycles. The van der Waals surface area contributed by atoms with Crippen LogP contribution in [0.4, 0.5) is 0 Å². The summed E-state index contributed by atoms with van der Waals surface area (Å²) in [6.07, 6.45) is 0. The first kappa shape index (κ1) is 18.1. The molecule has 1 aromatic carbocycles. The molecule has 0 aromatic heterocycles. The van der Waals surface area contributed by atoms with Gasteiger partial charge in [0.15, 0.2) is 0 Å². The van der Waals surface area contributed by atoms with E-state index in [-0.39, 0.29) is 24.1 Å². The van der Waals surface area contributed by atoms with E-state index >= 15 is 0 Å². The third kappa shape index (κ3) is 4.76. The van der Waals surface area contributed by atoms with Gasteiger partial charge in [-0.1, -0.05) is 12.1 Å². The van der Waals surface area contributed by atoms with E-state index in [0.29, 0.717) is 18.8 Å². The minimum absolute atomic E-state index is 0.117. The standard InChI is InChI=1S/C14H23NO5S/c1-12(11-20-3)15(8-9-19-2)21(17,18)14-6-4-13(10-16)5-7-14/h4-7,12,16H,8-11H2,1-3H3. The van der Waals surface area contributed by atoms with Gasteiger partial charge >= 0.3 is 0 Å². The molecule has 0 saturated heterocycles. The van der Waals surface area contributed by atoms with Crippen molar-refractivity contribution in [3.8, 4) is 0 Å². The second-order valence-corrected chi connectivity index (χ2v) is 6.61. The van der Waals surface area contributed by atoms with Crippen molar-refractivity contribution in [1.82, 2.24) is 4.31 Å². The Balaban J connectivity index is 3.06. The highest BCUT2D eigenvalue weighted by Crippen LogP contribution is 2.19. The number of aliphatic hydroxyl groups excluding tert-OH is 1. The van der Waals surface area contributed by atoms with Gasteiger partial charge < -0.3 is 14.6 Å². The Kier molecular flexibility index (Phi) is 7.27. The van der Waals surface area contributed by atoms with Crippen molar-refractivity contribution < 1.29 is 23.0 Å². The molecule has 120 valence electrons. The van der Waals surface area contributed by atoms with Crippen LogP contribution in [0.25, 0.3) is 0 Å². The molecule has 0 bridgehead atoms. The van der Waals surface area contributed by atoms with Gasteiger partial charge in [-0.2, -0.15) is 4.31 Å². The first-order valence-corrected chi connectivity index (χ1v) is 8.11. The SMILES string of the molecule is COCCN(C(C)COC)S(=O)(=O)c1ccc(CO)cc1. The molecule has 7 heteroatoms. The van der Waals surface area contributed by atoms with Gasteiger partial charge in [-0.15, -0.1) is 0 Å². The minimum atomic E-state index is -3.63. The second kappa shape index (κ2) is 8.45. The first-order chi connectivity index (χ1) is 9.97. The van der Waals surface area contributed by atoms with Gasteiger partial charge in [-0.25, -0.2) is 8.42 Å². The van der Waals surface area contributed by atoms with Gasteiger partial charge in [-0.3, -0.25) is 0 Å². The van der Waals surface area contributed by atoms with Crippen LogP contribution in [-0.2, 0) is 26.1 Å². The fraction of sp³-hybridized carbons (Fsp3) is 0.571. The van der Waals surface area contributed by atoms with E-state index in [1.807, 2.05) is 0 Å². The average Bonchev–Trinajstić information content (AvgIpc) is 2.47. The van der Waals surface area contributed by atoms with E-state index in [2.05, 4.69) is 0 Å². The fourth-order valence-corrected chi connectivity index (χ4v) is 3.59. The van der Waals surface area contributed by atoms with Crippen LogP contribution in [0.2, 0.25) is 0 Å². The van der Waals surface area contributed by atoms with E-state index in [4.69, 9.17) is 14.6 Å². The maximum absolute atomic E-state index is 12.7. The van der Waals surface area contributed by atoms with Crippen LogP contribution in [-0.4, -0.2) is 57.8 Å². The summed E-state index contributed by atoms with van der Waals surface area (Å²) in [7, 11) is -0.563.